The van der Waals surface area contributed by atoms with Crippen molar-refractivity contribution in [3.8, 4) is 0 Å². The Hall–Kier alpha value is -0.640. The molecular formula is C14H26FNO2. The average molecular weight is 259 g/mol. The maximum absolute atomic E-state index is 13.7. The van der Waals surface area contributed by atoms with Gasteiger partial charge in [0.2, 0.25) is 0 Å². The Kier molecular flexibility index (Phi) is 4.76. The number of carbonyl (C=O) groups is 1. The molecular weight excluding hydrogens is 233 g/mol. The molecule has 1 heterocycles. The van der Waals surface area contributed by atoms with Gasteiger partial charge in [-0.2, -0.15) is 0 Å². The molecule has 0 bridgehead atoms. The molecule has 0 aliphatic carbocycles. The van der Waals surface area contributed by atoms with Crippen molar-refractivity contribution in [2.45, 2.75) is 58.7 Å². The van der Waals surface area contributed by atoms with Crippen molar-refractivity contribution in [2.75, 3.05) is 19.7 Å². The fraction of sp³-hybridized carbons (Fsp3) is 0.929. The van der Waals surface area contributed by atoms with Gasteiger partial charge < -0.3 is 9.64 Å². The highest BCUT2D eigenvalue weighted by atomic mass is 19.1. The zero-order chi connectivity index (χ0) is 14.0. The molecule has 1 unspecified atom stereocenters. The van der Waals surface area contributed by atoms with E-state index in [1.165, 1.54) is 13.8 Å². The topological polar surface area (TPSA) is 29.5 Å². The summed E-state index contributed by atoms with van der Waals surface area (Å²) in [4.78, 5) is 13.5. The van der Waals surface area contributed by atoms with Crippen LogP contribution in [0.2, 0.25) is 0 Å². The summed E-state index contributed by atoms with van der Waals surface area (Å²) in [5.74, 6) is 0.120. The molecule has 0 aromatic carbocycles. The smallest absolute Gasteiger partial charge is 0.259 e. The fourth-order valence-corrected chi connectivity index (χ4v) is 2.56. The number of halogens is 1. The first-order chi connectivity index (χ1) is 8.14. The molecule has 0 radical (unpaired) electrons. The SMILES string of the molecule is CC(C)CC1(C)CCN(C(=O)C(C)(C)F)CCO1. The van der Waals surface area contributed by atoms with Crippen LogP contribution in [-0.4, -0.2) is 41.8 Å². The Bertz CT molecular complexity index is 299. The highest BCUT2D eigenvalue weighted by Crippen LogP contribution is 2.28. The fourth-order valence-electron chi connectivity index (χ4n) is 2.56. The summed E-state index contributed by atoms with van der Waals surface area (Å²) in [5, 5.41) is 0. The van der Waals surface area contributed by atoms with E-state index in [-0.39, 0.29) is 5.60 Å². The molecule has 3 nitrogen and oxygen atoms in total. The molecule has 1 atom stereocenters. The number of hydrogen-bond acceptors (Lipinski definition) is 2. The summed E-state index contributed by atoms with van der Waals surface area (Å²) in [5.41, 5.74) is -1.98. The molecule has 0 aromatic rings. The van der Waals surface area contributed by atoms with Gasteiger partial charge in [-0.15, -0.1) is 0 Å². The Labute approximate surface area is 110 Å². The first-order valence-corrected chi connectivity index (χ1v) is 6.76. The standard InChI is InChI=1S/C14H26FNO2/c1-11(2)10-14(5)6-7-16(8-9-18-14)12(17)13(3,4)15/h11H,6-10H2,1-5H3. The Balaban J connectivity index is 2.64. The number of ether oxygens (including phenoxy) is 1. The number of alkyl halides is 1. The molecule has 0 N–H and O–H groups in total. The van der Waals surface area contributed by atoms with E-state index in [1.807, 2.05) is 0 Å². The normalized spacial score (nSPS) is 26.3. The van der Waals surface area contributed by atoms with E-state index in [2.05, 4.69) is 20.8 Å². The zero-order valence-electron chi connectivity index (χ0n) is 12.3. The quantitative estimate of drug-likeness (QED) is 0.780. The van der Waals surface area contributed by atoms with Gasteiger partial charge in [0.15, 0.2) is 5.67 Å². The van der Waals surface area contributed by atoms with Crippen molar-refractivity contribution in [3.05, 3.63) is 0 Å². The van der Waals surface area contributed by atoms with Gasteiger partial charge in [0.25, 0.3) is 5.91 Å². The third kappa shape index (κ3) is 4.23. The highest BCUT2D eigenvalue weighted by molar-refractivity contribution is 5.84. The Morgan fingerprint density at radius 2 is 2.06 bits per heavy atom. The van der Waals surface area contributed by atoms with Gasteiger partial charge in [0.1, 0.15) is 0 Å². The number of hydrogen-bond donors (Lipinski definition) is 0. The minimum absolute atomic E-state index is 0.191. The van der Waals surface area contributed by atoms with Crippen molar-refractivity contribution in [1.82, 2.24) is 4.90 Å². The van der Waals surface area contributed by atoms with Gasteiger partial charge in [-0.1, -0.05) is 13.8 Å². The van der Waals surface area contributed by atoms with Crippen LogP contribution in [0.3, 0.4) is 0 Å². The van der Waals surface area contributed by atoms with Gasteiger partial charge in [0.05, 0.1) is 12.2 Å². The molecule has 1 rings (SSSR count). The summed E-state index contributed by atoms with van der Waals surface area (Å²) < 4.78 is 19.5. The molecule has 1 aliphatic heterocycles. The second-order valence-corrected chi connectivity index (χ2v) is 6.41. The van der Waals surface area contributed by atoms with Crippen LogP contribution in [0.15, 0.2) is 0 Å². The summed E-state index contributed by atoms with van der Waals surface area (Å²) in [7, 11) is 0. The monoisotopic (exact) mass is 259 g/mol. The average Bonchev–Trinajstić information content (AvgIpc) is 2.36. The van der Waals surface area contributed by atoms with Crippen LogP contribution in [0, 0.1) is 5.92 Å². The Morgan fingerprint density at radius 1 is 1.44 bits per heavy atom. The summed E-state index contributed by atoms with van der Waals surface area (Å²) in [6.45, 7) is 10.6. The van der Waals surface area contributed by atoms with Crippen molar-refractivity contribution < 1.29 is 13.9 Å². The maximum Gasteiger partial charge on any atom is 0.259 e. The molecule has 0 aromatic heterocycles. The van der Waals surface area contributed by atoms with E-state index in [0.717, 1.165) is 12.8 Å². The number of nitrogens with zero attached hydrogens (tertiary/aromatic N) is 1. The lowest BCUT2D eigenvalue weighted by atomic mass is 9.91. The van der Waals surface area contributed by atoms with Crippen LogP contribution in [0.5, 0.6) is 0 Å². The molecule has 106 valence electrons. The van der Waals surface area contributed by atoms with Crippen LogP contribution in [0.1, 0.15) is 47.5 Å². The van der Waals surface area contributed by atoms with E-state index < -0.39 is 11.6 Å². The summed E-state index contributed by atoms with van der Waals surface area (Å²) in [6.07, 6.45) is 1.74. The largest absolute Gasteiger partial charge is 0.373 e. The molecule has 1 fully saturated rings. The molecule has 1 saturated heterocycles. The lowest BCUT2D eigenvalue weighted by Crippen LogP contribution is -2.44. The van der Waals surface area contributed by atoms with Gasteiger partial charge in [-0.05, 0) is 39.5 Å². The predicted octanol–water partition coefficient (Wildman–Crippen LogP) is 2.79. The van der Waals surface area contributed by atoms with Crippen LogP contribution in [-0.2, 0) is 9.53 Å². The molecule has 18 heavy (non-hydrogen) atoms. The predicted molar refractivity (Wildman–Crippen MR) is 70.2 cm³/mol. The highest BCUT2D eigenvalue weighted by Gasteiger charge is 2.36. The van der Waals surface area contributed by atoms with E-state index in [1.54, 1.807) is 4.90 Å². The lowest BCUT2D eigenvalue weighted by molar-refractivity contribution is -0.141. The first-order valence-electron chi connectivity index (χ1n) is 6.76. The minimum atomic E-state index is -1.79. The van der Waals surface area contributed by atoms with Crippen molar-refractivity contribution in [1.29, 1.82) is 0 Å². The minimum Gasteiger partial charge on any atom is -0.373 e. The van der Waals surface area contributed by atoms with Crippen LogP contribution in [0.25, 0.3) is 0 Å². The van der Waals surface area contributed by atoms with E-state index in [9.17, 15) is 9.18 Å². The van der Waals surface area contributed by atoms with Gasteiger partial charge in [0, 0.05) is 13.1 Å². The Morgan fingerprint density at radius 3 is 2.56 bits per heavy atom. The summed E-state index contributed by atoms with van der Waals surface area (Å²) >= 11 is 0. The van der Waals surface area contributed by atoms with Crippen molar-refractivity contribution >= 4 is 5.91 Å². The van der Waals surface area contributed by atoms with Crippen LogP contribution in [0.4, 0.5) is 4.39 Å². The van der Waals surface area contributed by atoms with E-state index in [0.29, 0.717) is 25.6 Å². The third-order valence-electron chi connectivity index (χ3n) is 3.36. The second-order valence-electron chi connectivity index (χ2n) is 6.41. The zero-order valence-corrected chi connectivity index (χ0v) is 12.3. The van der Waals surface area contributed by atoms with Gasteiger partial charge >= 0.3 is 0 Å². The number of rotatable bonds is 3. The second kappa shape index (κ2) is 5.55. The molecule has 4 heteroatoms. The van der Waals surface area contributed by atoms with Gasteiger partial charge in [-0.25, -0.2) is 4.39 Å². The van der Waals surface area contributed by atoms with Crippen LogP contribution >= 0.6 is 0 Å². The third-order valence-corrected chi connectivity index (χ3v) is 3.36. The van der Waals surface area contributed by atoms with Crippen molar-refractivity contribution in [3.63, 3.8) is 0 Å². The summed E-state index contributed by atoms with van der Waals surface area (Å²) in [6, 6.07) is 0. The van der Waals surface area contributed by atoms with Crippen molar-refractivity contribution in [2.24, 2.45) is 5.92 Å². The molecule has 0 saturated carbocycles. The molecule has 1 aliphatic rings. The van der Waals surface area contributed by atoms with E-state index in [4.69, 9.17) is 4.74 Å². The van der Waals surface area contributed by atoms with E-state index >= 15 is 0 Å². The number of carbonyl (C=O) groups excluding carboxylic acids is 1. The first kappa shape index (κ1) is 15.4. The number of amides is 1. The molecule has 1 amide bonds. The van der Waals surface area contributed by atoms with Crippen LogP contribution < -0.4 is 0 Å². The van der Waals surface area contributed by atoms with Gasteiger partial charge in [-0.3, -0.25) is 4.79 Å². The molecule has 0 spiro atoms. The lowest BCUT2D eigenvalue weighted by Gasteiger charge is -2.30. The maximum atomic E-state index is 13.7.